The second kappa shape index (κ2) is 6.29. The van der Waals surface area contributed by atoms with Crippen molar-refractivity contribution in [1.82, 2.24) is 19.9 Å². The molecule has 0 aliphatic heterocycles. The van der Waals surface area contributed by atoms with Crippen molar-refractivity contribution in [1.29, 1.82) is 0 Å². The molecule has 6 nitrogen and oxygen atoms in total. The van der Waals surface area contributed by atoms with Gasteiger partial charge in [0.25, 0.3) is 0 Å². The molecule has 18 heavy (non-hydrogen) atoms. The van der Waals surface area contributed by atoms with E-state index in [1.807, 2.05) is 20.8 Å². The Morgan fingerprint density at radius 3 is 2.67 bits per heavy atom. The van der Waals surface area contributed by atoms with Gasteiger partial charge in [0.05, 0.1) is 5.75 Å². The van der Waals surface area contributed by atoms with Crippen LogP contribution in [0.2, 0.25) is 0 Å². The standard InChI is InChI=1S/C11H22N4O2S/c1-11(2,3)6-8-18(16,17)14-7-4-5-10-12-9-13-15-10/h9,14H,4-8H2,1-3H3,(H,12,13,15). The Hall–Kier alpha value is -0.950. The first kappa shape index (κ1) is 15.1. The van der Waals surface area contributed by atoms with Crippen LogP contribution in [0.5, 0.6) is 0 Å². The number of nitrogens with zero attached hydrogens (tertiary/aromatic N) is 2. The molecule has 1 heterocycles. The molecule has 7 heteroatoms. The zero-order valence-electron chi connectivity index (χ0n) is 11.2. The number of hydrogen-bond acceptors (Lipinski definition) is 4. The number of aryl methyl sites for hydroxylation is 1. The highest BCUT2D eigenvalue weighted by Gasteiger charge is 2.16. The van der Waals surface area contributed by atoms with E-state index in [0.717, 1.165) is 5.82 Å². The third-order valence-corrected chi connectivity index (χ3v) is 3.88. The third-order valence-electron chi connectivity index (χ3n) is 2.50. The minimum absolute atomic E-state index is 0.0363. The highest BCUT2D eigenvalue weighted by Crippen LogP contribution is 2.18. The SMILES string of the molecule is CC(C)(C)CCS(=O)(=O)NCCCc1ncn[nH]1. The molecule has 1 aromatic rings. The quantitative estimate of drug-likeness (QED) is 0.729. The molecule has 0 atom stereocenters. The Labute approximate surface area is 109 Å². The van der Waals surface area contributed by atoms with Crippen molar-refractivity contribution in [3.63, 3.8) is 0 Å². The number of aromatic nitrogens is 3. The Kier molecular flexibility index (Phi) is 5.28. The van der Waals surface area contributed by atoms with Crippen molar-refractivity contribution in [2.24, 2.45) is 5.41 Å². The van der Waals surface area contributed by atoms with E-state index in [2.05, 4.69) is 19.9 Å². The molecule has 2 N–H and O–H groups in total. The van der Waals surface area contributed by atoms with Crippen LogP contribution < -0.4 is 4.72 Å². The van der Waals surface area contributed by atoms with Gasteiger partial charge in [-0.3, -0.25) is 5.10 Å². The molecule has 0 aliphatic rings. The lowest BCUT2D eigenvalue weighted by Gasteiger charge is -2.17. The number of sulfonamides is 1. The van der Waals surface area contributed by atoms with Crippen LogP contribution >= 0.6 is 0 Å². The average molecular weight is 274 g/mol. The number of rotatable bonds is 7. The first-order valence-corrected chi connectivity index (χ1v) is 7.75. The maximum absolute atomic E-state index is 11.7. The molecule has 0 spiro atoms. The van der Waals surface area contributed by atoms with Crippen LogP contribution in [-0.2, 0) is 16.4 Å². The zero-order chi connectivity index (χ0) is 13.6. The summed E-state index contributed by atoms with van der Waals surface area (Å²) >= 11 is 0. The Morgan fingerprint density at radius 2 is 2.11 bits per heavy atom. The number of nitrogens with one attached hydrogen (secondary N) is 2. The highest BCUT2D eigenvalue weighted by molar-refractivity contribution is 7.89. The van der Waals surface area contributed by atoms with Gasteiger partial charge in [0, 0.05) is 13.0 Å². The summed E-state index contributed by atoms with van der Waals surface area (Å²) in [6.07, 6.45) is 3.51. The van der Waals surface area contributed by atoms with Crippen molar-refractivity contribution in [2.75, 3.05) is 12.3 Å². The first-order chi connectivity index (χ1) is 8.29. The second-order valence-corrected chi connectivity index (χ2v) is 7.49. The first-order valence-electron chi connectivity index (χ1n) is 6.10. The molecule has 0 saturated heterocycles. The van der Waals surface area contributed by atoms with E-state index >= 15 is 0 Å². The van der Waals surface area contributed by atoms with Gasteiger partial charge in [-0.05, 0) is 18.3 Å². The van der Waals surface area contributed by atoms with Gasteiger partial charge in [0.1, 0.15) is 12.2 Å². The molecular weight excluding hydrogens is 252 g/mol. The summed E-state index contributed by atoms with van der Waals surface area (Å²) in [6.45, 7) is 6.54. The molecule has 1 aromatic heterocycles. The molecular formula is C11H22N4O2S. The fourth-order valence-electron chi connectivity index (χ4n) is 1.35. The van der Waals surface area contributed by atoms with E-state index in [4.69, 9.17) is 0 Å². The highest BCUT2D eigenvalue weighted by atomic mass is 32.2. The predicted molar refractivity (Wildman–Crippen MR) is 70.6 cm³/mol. The summed E-state index contributed by atoms with van der Waals surface area (Å²) in [4.78, 5) is 3.97. The fourth-order valence-corrected chi connectivity index (χ4v) is 2.83. The summed E-state index contributed by atoms with van der Waals surface area (Å²) in [5, 5.41) is 6.47. The van der Waals surface area contributed by atoms with Crippen LogP contribution in [0.1, 0.15) is 39.4 Å². The smallest absolute Gasteiger partial charge is 0.211 e. The van der Waals surface area contributed by atoms with Crippen LogP contribution in [-0.4, -0.2) is 35.9 Å². The summed E-state index contributed by atoms with van der Waals surface area (Å²) in [5.74, 6) is 0.961. The van der Waals surface area contributed by atoms with E-state index in [1.54, 1.807) is 0 Å². The summed E-state index contributed by atoms with van der Waals surface area (Å²) < 4.78 is 26.0. The van der Waals surface area contributed by atoms with Gasteiger partial charge in [-0.15, -0.1) is 0 Å². The maximum Gasteiger partial charge on any atom is 0.211 e. The van der Waals surface area contributed by atoms with Gasteiger partial charge < -0.3 is 0 Å². The molecule has 0 amide bonds. The normalized spacial score (nSPS) is 12.8. The molecule has 0 fully saturated rings. The molecule has 1 rings (SSSR count). The molecule has 0 unspecified atom stereocenters. The summed E-state index contributed by atoms with van der Waals surface area (Å²) in [5.41, 5.74) is 0.0363. The van der Waals surface area contributed by atoms with Crippen molar-refractivity contribution in [2.45, 2.75) is 40.0 Å². The van der Waals surface area contributed by atoms with Crippen molar-refractivity contribution < 1.29 is 8.42 Å². The minimum atomic E-state index is -3.15. The average Bonchev–Trinajstić information content (AvgIpc) is 2.74. The Morgan fingerprint density at radius 1 is 1.39 bits per heavy atom. The largest absolute Gasteiger partial charge is 0.263 e. The van der Waals surface area contributed by atoms with Crippen molar-refractivity contribution in [3.8, 4) is 0 Å². The number of hydrogen-bond donors (Lipinski definition) is 2. The molecule has 0 aliphatic carbocycles. The van der Waals surface area contributed by atoms with Gasteiger partial charge in [0.2, 0.25) is 10.0 Å². The van der Waals surface area contributed by atoms with E-state index in [9.17, 15) is 8.42 Å². The number of aromatic amines is 1. The number of H-pyrrole nitrogens is 1. The predicted octanol–water partition coefficient (Wildman–Crippen LogP) is 1.09. The van der Waals surface area contributed by atoms with Gasteiger partial charge in [-0.1, -0.05) is 20.8 Å². The zero-order valence-corrected chi connectivity index (χ0v) is 12.0. The van der Waals surface area contributed by atoms with E-state index in [0.29, 0.717) is 25.8 Å². The van der Waals surface area contributed by atoms with Crippen LogP contribution in [0, 0.1) is 5.41 Å². The summed E-state index contributed by atoms with van der Waals surface area (Å²) in [6, 6.07) is 0. The van der Waals surface area contributed by atoms with E-state index < -0.39 is 10.0 Å². The van der Waals surface area contributed by atoms with Crippen molar-refractivity contribution >= 4 is 10.0 Å². The van der Waals surface area contributed by atoms with Crippen LogP contribution in [0.25, 0.3) is 0 Å². The van der Waals surface area contributed by atoms with Gasteiger partial charge in [-0.2, -0.15) is 5.10 Å². The lowest BCUT2D eigenvalue weighted by Crippen LogP contribution is -2.29. The van der Waals surface area contributed by atoms with Crippen molar-refractivity contribution in [3.05, 3.63) is 12.2 Å². The Balaban J connectivity index is 2.21. The monoisotopic (exact) mass is 274 g/mol. The van der Waals surface area contributed by atoms with Gasteiger partial charge in [0.15, 0.2) is 0 Å². The molecule has 0 aromatic carbocycles. The molecule has 0 bridgehead atoms. The van der Waals surface area contributed by atoms with Gasteiger partial charge in [-0.25, -0.2) is 18.1 Å². The molecule has 104 valence electrons. The third kappa shape index (κ3) is 6.70. The summed E-state index contributed by atoms with van der Waals surface area (Å²) in [7, 11) is -3.15. The van der Waals surface area contributed by atoms with Crippen LogP contribution in [0.15, 0.2) is 6.33 Å². The minimum Gasteiger partial charge on any atom is -0.263 e. The molecule has 0 radical (unpaired) electrons. The van der Waals surface area contributed by atoms with Gasteiger partial charge >= 0.3 is 0 Å². The topological polar surface area (TPSA) is 87.7 Å². The fraction of sp³-hybridized carbons (Fsp3) is 0.818. The van der Waals surface area contributed by atoms with E-state index in [1.165, 1.54) is 6.33 Å². The molecule has 0 saturated carbocycles. The maximum atomic E-state index is 11.7. The second-order valence-electron chi connectivity index (χ2n) is 5.56. The lowest BCUT2D eigenvalue weighted by molar-refractivity contribution is 0.396. The lowest BCUT2D eigenvalue weighted by atomic mass is 9.94. The Bertz CT molecular complexity index is 434. The van der Waals surface area contributed by atoms with Crippen LogP contribution in [0.4, 0.5) is 0 Å². The van der Waals surface area contributed by atoms with Crippen LogP contribution in [0.3, 0.4) is 0 Å². The van der Waals surface area contributed by atoms with E-state index in [-0.39, 0.29) is 11.2 Å².